The molecule has 4 heteroatoms. The Kier molecular flexibility index (Phi) is 5.90. The predicted molar refractivity (Wildman–Crippen MR) is 87.9 cm³/mol. The summed E-state index contributed by atoms with van der Waals surface area (Å²) in [4.78, 5) is 4.41. The van der Waals surface area contributed by atoms with Crippen LogP contribution in [0.2, 0.25) is 0 Å². The summed E-state index contributed by atoms with van der Waals surface area (Å²) in [5, 5.41) is 3.21. The molecule has 0 spiro atoms. The van der Waals surface area contributed by atoms with Crippen molar-refractivity contribution in [2.75, 3.05) is 20.2 Å². The molecule has 1 atom stereocenters. The monoisotopic (exact) mass is 289 g/mol. The quantitative estimate of drug-likeness (QED) is 0.599. The molecule has 0 aromatic heterocycles. The maximum absolute atomic E-state index is 5.89. The zero-order chi connectivity index (χ0) is 15.1. The van der Waals surface area contributed by atoms with Crippen LogP contribution in [0.1, 0.15) is 44.1 Å². The summed E-state index contributed by atoms with van der Waals surface area (Å²) >= 11 is 0. The lowest BCUT2D eigenvalue weighted by Crippen LogP contribution is -2.33. The van der Waals surface area contributed by atoms with Crippen LogP contribution in [0.4, 0.5) is 0 Å². The van der Waals surface area contributed by atoms with Gasteiger partial charge >= 0.3 is 0 Å². The zero-order valence-electron chi connectivity index (χ0n) is 13.1. The van der Waals surface area contributed by atoms with Crippen molar-refractivity contribution in [3.05, 3.63) is 29.8 Å². The molecule has 0 saturated heterocycles. The summed E-state index contributed by atoms with van der Waals surface area (Å²) < 4.78 is 5.18. The van der Waals surface area contributed by atoms with Crippen LogP contribution in [0.3, 0.4) is 0 Å². The van der Waals surface area contributed by atoms with Gasteiger partial charge in [-0.05, 0) is 48.8 Å². The van der Waals surface area contributed by atoms with Crippen molar-refractivity contribution in [2.45, 2.75) is 38.5 Å². The van der Waals surface area contributed by atoms with E-state index in [0.717, 1.165) is 31.2 Å². The van der Waals surface area contributed by atoms with Gasteiger partial charge in [-0.1, -0.05) is 25.5 Å². The lowest BCUT2D eigenvalue weighted by molar-refractivity contribution is 0.326. The highest BCUT2D eigenvalue weighted by Crippen LogP contribution is 2.26. The number of benzene rings is 1. The molecule has 1 fully saturated rings. The molecule has 0 bridgehead atoms. The minimum atomic E-state index is 0.489. The van der Waals surface area contributed by atoms with Gasteiger partial charge in [0.15, 0.2) is 5.96 Å². The van der Waals surface area contributed by atoms with E-state index in [1.807, 2.05) is 12.1 Å². The normalized spacial score (nSPS) is 17.1. The first-order chi connectivity index (χ1) is 10.2. The Morgan fingerprint density at radius 1 is 1.38 bits per heavy atom. The number of methoxy groups -OCH3 is 1. The third-order valence-corrected chi connectivity index (χ3v) is 4.31. The lowest BCUT2D eigenvalue weighted by atomic mass is 9.86. The van der Waals surface area contributed by atoms with Crippen LogP contribution in [0.15, 0.2) is 29.3 Å². The predicted octanol–water partition coefficient (Wildman–Crippen LogP) is 2.89. The number of rotatable bonds is 7. The molecular formula is C17H27N3O. The average molecular weight is 289 g/mol. The molecule has 0 heterocycles. The first kappa shape index (κ1) is 15.7. The molecular weight excluding hydrogens is 262 g/mol. The van der Waals surface area contributed by atoms with Crippen molar-refractivity contribution in [1.82, 2.24) is 5.32 Å². The van der Waals surface area contributed by atoms with Gasteiger partial charge in [-0.2, -0.15) is 0 Å². The largest absolute Gasteiger partial charge is 0.497 e. The van der Waals surface area contributed by atoms with Crippen LogP contribution in [-0.2, 0) is 0 Å². The Hall–Kier alpha value is -1.71. The van der Waals surface area contributed by atoms with Crippen molar-refractivity contribution < 1.29 is 4.74 Å². The minimum Gasteiger partial charge on any atom is -0.497 e. The fourth-order valence-corrected chi connectivity index (χ4v) is 2.47. The Morgan fingerprint density at radius 3 is 2.67 bits per heavy atom. The molecule has 1 aliphatic carbocycles. The van der Waals surface area contributed by atoms with Crippen LogP contribution in [0.5, 0.6) is 5.75 Å². The van der Waals surface area contributed by atoms with Gasteiger partial charge in [0.2, 0.25) is 0 Å². The molecule has 1 aromatic rings. The smallest absolute Gasteiger partial charge is 0.188 e. The van der Waals surface area contributed by atoms with Gasteiger partial charge < -0.3 is 15.8 Å². The summed E-state index contributed by atoms with van der Waals surface area (Å²) in [6.07, 6.45) is 5.01. The number of nitrogens with one attached hydrogen (secondary N) is 1. The number of guanidine groups is 1. The van der Waals surface area contributed by atoms with Crippen molar-refractivity contribution in [1.29, 1.82) is 0 Å². The van der Waals surface area contributed by atoms with Gasteiger partial charge in [-0.25, -0.2) is 0 Å². The van der Waals surface area contributed by atoms with Gasteiger partial charge in [-0.3, -0.25) is 4.99 Å². The Bertz CT molecular complexity index is 452. The van der Waals surface area contributed by atoms with Crippen LogP contribution in [-0.4, -0.2) is 26.2 Å². The highest BCUT2D eigenvalue weighted by Gasteiger charge is 2.16. The molecule has 1 unspecified atom stereocenters. The van der Waals surface area contributed by atoms with E-state index in [1.165, 1.54) is 24.8 Å². The summed E-state index contributed by atoms with van der Waals surface area (Å²) in [5.41, 5.74) is 7.21. The number of ether oxygens (including phenoxy) is 1. The molecule has 2 rings (SSSR count). The topological polar surface area (TPSA) is 59.6 Å². The van der Waals surface area contributed by atoms with E-state index in [4.69, 9.17) is 10.5 Å². The highest BCUT2D eigenvalue weighted by molar-refractivity contribution is 5.77. The number of nitrogens with two attached hydrogens (primary N) is 1. The number of aliphatic imine (C=N–C) groups is 1. The summed E-state index contributed by atoms with van der Waals surface area (Å²) in [6.45, 7) is 3.96. The van der Waals surface area contributed by atoms with Gasteiger partial charge in [0.05, 0.1) is 7.11 Å². The molecule has 1 saturated carbocycles. The van der Waals surface area contributed by atoms with Gasteiger partial charge in [0, 0.05) is 13.1 Å². The Labute approximate surface area is 127 Å². The molecule has 1 aliphatic rings. The molecule has 0 radical (unpaired) electrons. The van der Waals surface area contributed by atoms with Crippen LogP contribution < -0.4 is 15.8 Å². The Balaban J connectivity index is 1.68. The van der Waals surface area contributed by atoms with Crippen LogP contribution >= 0.6 is 0 Å². The molecule has 3 N–H and O–H groups in total. The van der Waals surface area contributed by atoms with E-state index >= 15 is 0 Å². The van der Waals surface area contributed by atoms with E-state index in [-0.39, 0.29) is 0 Å². The summed E-state index contributed by atoms with van der Waals surface area (Å²) in [6, 6.07) is 8.26. The third kappa shape index (κ3) is 4.96. The van der Waals surface area contributed by atoms with Crippen LogP contribution in [0.25, 0.3) is 0 Å². The van der Waals surface area contributed by atoms with Gasteiger partial charge in [0.25, 0.3) is 0 Å². The first-order valence-electron chi connectivity index (χ1n) is 7.86. The molecule has 1 aromatic carbocycles. The molecule has 0 aliphatic heterocycles. The van der Waals surface area contributed by atoms with E-state index < -0.39 is 0 Å². The second-order valence-electron chi connectivity index (χ2n) is 5.91. The highest BCUT2D eigenvalue weighted by atomic mass is 16.5. The number of hydrogen-bond acceptors (Lipinski definition) is 2. The fourth-order valence-electron chi connectivity index (χ4n) is 2.47. The molecule has 0 amide bonds. The third-order valence-electron chi connectivity index (χ3n) is 4.31. The number of nitrogens with zero attached hydrogens (tertiary/aromatic N) is 1. The van der Waals surface area contributed by atoms with Gasteiger partial charge in [-0.15, -0.1) is 0 Å². The summed E-state index contributed by atoms with van der Waals surface area (Å²) in [5.74, 6) is 2.74. The standard InChI is InChI=1S/C17H27N3O/c1-13(15-6-8-16(21-2)9-7-15)10-11-19-17(18)20-12-14-4-3-5-14/h6-9,13-14H,3-5,10-12H2,1-2H3,(H3,18,19,20). The summed E-state index contributed by atoms with van der Waals surface area (Å²) in [7, 11) is 1.69. The maximum atomic E-state index is 5.89. The molecule has 4 nitrogen and oxygen atoms in total. The SMILES string of the molecule is COc1ccc(C(C)CCNC(N)=NCC2CCC2)cc1. The van der Waals surface area contributed by atoms with Crippen molar-refractivity contribution in [3.63, 3.8) is 0 Å². The van der Waals surface area contributed by atoms with E-state index in [0.29, 0.717) is 11.9 Å². The second-order valence-corrected chi connectivity index (χ2v) is 5.91. The maximum Gasteiger partial charge on any atom is 0.188 e. The van der Waals surface area contributed by atoms with Gasteiger partial charge in [0.1, 0.15) is 5.75 Å². The molecule has 116 valence electrons. The first-order valence-corrected chi connectivity index (χ1v) is 7.86. The van der Waals surface area contributed by atoms with Crippen molar-refractivity contribution >= 4 is 5.96 Å². The van der Waals surface area contributed by atoms with E-state index in [9.17, 15) is 0 Å². The van der Waals surface area contributed by atoms with E-state index in [2.05, 4.69) is 29.4 Å². The zero-order valence-corrected chi connectivity index (χ0v) is 13.1. The fraction of sp³-hybridized carbons (Fsp3) is 0.588. The number of hydrogen-bond donors (Lipinski definition) is 2. The van der Waals surface area contributed by atoms with Crippen LogP contribution in [0, 0.1) is 5.92 Å². The average Bonchev–Trinajstić information content (AvgIpc) is 2.45. The molecule has 21 heavy (non-hydrogen) atoms. The minimum absolute atomic E-state index is 0.489. The van der Waals surface area contributed by atoms with Crippen molar-refractivity contribution in [2.24, 2.45) is 16.6 Å². The second kappa shape index (κ2) is 7.91. The van der Waals surface area contributed by atoms with E-state index in [1.54, 1.807) is 7.11 Å². The lowest BCUT2D eigenvalue weighted by Gasteiger charge is -2.23. The van der Waals surface area contributed by atoms with Crippen molar-refractivity contribution in [3.8, 4) is 5.75 Å². The Morgan fingerprint density at radius 2 is 2.10 bits per heavy atom.